The highest BCUT2D eigenvalue weighted by Crippen LogP contribution is 2.28. The number of carboxylic acids is 1. The number of nitrogens with zero attached hydrogens (tertiary/aromatic N) is 2. The first-order valence-corrected chi connectivity index (χ1v) is 10.0. The molecule has 0 aliphatic rings. The molecule has 0 fully saturated rings. The molecule has 3 aromatic rings. The van der Waals surface area contributed by atoms with Crippen LogP contribution in [0.15, 0.2) is 41.8 Å². The Morgan fingerprint density at radius 2 is 1.96 bits per heavy atom. The molecular weight excluding hydrogens is 374 g/mol. The molecule has 7 heteroatoms. The number of hydrogen-bond acceptors (Lipinski definition) is 6. The highest BCUT2D eigenvalue weighted by atomic mass is 32.1. The summed E-state index contributed by atoms with van der Waals surface area (Å²) in [4.78, 5) is 21.8. The van der Waals surface area contributed by atoms with Gasteiger partial charge >= 0.3 is 5.97 Å². The molecule has 1 atom stereocenters. The van der Waals surface area contributed by atoms with Gasteiger partial charge in [0.1, 0.15) is 5.82 Å². The van der Waals surface area contributed by atoms with E-state index < -0.39 is 12.1 Å². The van der Waals surface area contributed by atoms with Gasteiger partial charge in [-0.3, -0.25) is 0 Å². The number of aromatic nitrogens is 2. The Kier molecular flexibility index (Phi) is 6.38. The van der Waals surface area contributed by atoms with Crippen molar-refractivity contribution in [2.24, 2.45) is 0 Å². The number of anilines is 2. The van der Waals surface area contributed by atoms with E-state index in [2.05, 4.69) is 17.2 Å². The molecule has 0 spiro atoms. The second kappa shape index (κ2) is 8.95. The molecule has 0 radical (unpaired) electrons. The number of benzene rings is 1. The van der Waals surface area contributed by atoms with Crippen molar-refractivity contribution in [2.75, 3.05) is 11.9 Å². The van der Waals surface area contributed by atoms with Crippen LogP contribution in [-0.2, 0) is 16.0 Å². The van der Waals surface area contributed by atoms with Gasteiger partial charge in [-0.25, -0.2) is 14.8 Å². The number of aryl methyl sites for hydroxylation is 1. The van der Waals surface area contributed by atoms with E-state index in [1.807, 2.05) is 36.6 Å². The minimum Gasteiger partial charge on any atom is -0.479 e. The third-order valence-electron chi connectivity index (χ3n) is 4.34. The Morgan fingerprint density at radius 3 is 2.54 bits per heavy atom. The summed E-state index contributed by atoms with van der Waals surface area (Å²) in [5.74, 6) is 0.472. The first kappa shape index (κ1) is 20.0. The highest BCUT2D eigenvalue weighted by Gasteiger charge is 2.20. The Balaban J connectivity index is 1.89. The standard InChI is InChI=1S/C21H23N3O3S/c1-4-16-13(3)22-20(17-7-6-12-28-17)24-19(16)23-15-10-8-14(9-11-15)18(21(25)26)27-5-2/h6-12,18H,4-5H2,1-3H3,(H,25,26)(H,22,23,24). The molecule has 6 nitrogen and oxygen atoms in total. The van der Waals surface area contributed by atoms with Gasteiger partial charge < -0.3 is 15.2 Å². The van der Waals surface area contributed by atoms with E-state index in [0.29, 0.717) is 18.0 Å². The van der Waals surface area contributed by atoms with Crippen LogP contribution in [-0.4, -0.2) is 27.7 Å². The van der Waals surface area contributed by atoms with Gasteiger partial charge in [-0.2, -0.15) is 0 Å². The van der Waals surface area contributed by atoms with Gasteiger partial charge in [0.15, 0.2) is 11.9 Å². The van der Waals surface area contributed by atoms with Gasteiger partial charge in [0.05, 0.1) is 4.88 Å². The topological polar surface area (TPSA) is 84.3 Å². The molecule has 1 aromatic carbocycles. The van der Waals surface area contributed by atoms with Crippen molar-refractivity contribution < 1.29 is 14.6 Å². The maximum absolute atomic E-state index is 11.4. The smallest absolute Gasteiger partial charge is 0.337 e. The van der Waals surface area contributed by atoms with Crippen molar-refractivity contribution in [3.05, 3.63) is 58.6 Å². The maximum Gasteiger partial charge on any atom is 0.337 e. The molecular formula is C21H23N3O3S. The summed E-state index contributed by atoms with van der Waals surface area (Å²) in [5, 5.41) is 14.7. The molecule has 28 heavy (non-hydrogen) atoms. The summed E-state index contributed by atoms with van der Waals surface area (Å²) in [7, 11) is 0. The second-order valence-electron chi connectivity index (χ2n) is 6.21. The van der Waals surface area contributed by atoms with Crippen molar-refractivity contribution >= 4 is 28.8 Å². The van der Waals surface area contributed by atoms with Crippen molar-refractivity contribution in [1.29, 1.82) is 0 Å². The monoisotopic (exact) mass is 397 g/mol. The fourth-order valence-electron chi connectivity index (χ4n) is 2.99. The normalized spacial score (nSPS) is 12.0. The zero-order chi connectivity index (χ0) is 20.1. The summed E-state index contributed by atoms with van der Waals surface area (Å²) >= 11 is 1.60. The predicted molar refractivity (Wildman–Crippen MR) is 111 cm³/mol. The van der Waals surface area contributed by atoms with Crippen molar-refractivity contribution in [3.63, 3.8) is 0 Å². The minimum atomic E-state index is -0.997. The minimum absolute atomic E-state index is 0.336. The zero-order valence-corrected chi connectivity index (χ0v) is 16.9. The molecule has 0 saturated heterocycles. The van der Waals surface area contributed by atoms with Crippen molar-refractivity contribution in [1.82, 2.24) is 9.97 Å². The van der Waals surface area contributed by atoms with Gasteiger partial charge in [-0.05, 0) is 49.4 Å². The largest absolute Gasteiger partial charge is 0.479 e. The average molecular weight is 398 g/mol. The van der Waals surface area contributed by atoms with E-state index in [1.54, 1.807) is 30.4 Å². The van der Waals surface area contributed by atoms with E-state index in [4.69, 9.17) is 9.72 Å². The van der Waals surface area contributed by atoms with Crippen LogP contribution < -0.4 is 5.32 Å². The molecule has 0 amide bonds. The molecule has 146 valence electrons. The fraction of sp³-hybridized carbons (Fsp3) is 0.286. The second-order valence-corrected chi connectivity index (χ2v) is 7.16. The van der Waals surface area contributed by atoms with Crippen LogP contribution >= 0.6 is 11.3 Å². The number of hydrogen-bond donors (Lipinski definition) is 2. The Morgan fingerprint density at radius 1 is 1.21 bits per heavy atom. The number of thiophene rings is 1. The van der Waals surface area contributed by atoms with E-state index in [9.17, 15) is 9.90 Å². The Hall–Kier alpha value is -2.77. The summed E-state index contributed by atoms with van der Waals surface area (Å²) in [5.41, 5.74) is 3.44. The number of rotatable bonds is 8. The van der Waals surface area contributed by atoms with E-state index in [1.165, 1.54) is 0 Å². The van der Waals surface area contributed by atoms with Crippen LogP contribution in [0.4, 0.5) is 11.5 Å². The van der Waals surface area contributed by atoms with Gasteiger partial charge in [0, 0.05) is 23.6 Å². The van der Waals surface area contributed by atoms with E-state index >= 15 is 0 Å². The molecule has 3 rings (SSSR count). The average Bonchev–Trinajstić information content (AvgIpc) is 3.21. The lowest BCUT2D eigenvalue weighted by Crippen LogP contribution is -2.15. The summed E-state index contributed by atoms with van der Waals surface area (Å²) in [6, 6.07) is 11.2. The lowest BCUT2D eigenvalue weighted by atomic mass is 10.1. The maximum atomic E-state index is 11.4. The molecule has 2 heterocycles. The lowest BCUT2D eigenvalue weighted by Gasteiger charge is -2.15. The summed E-state index contributed by atoms with van der Waals surface area (Å²) in [6.07, 6.45) is -0.153. The predicted octanol–water partition coefficient (Wildman–Crippen LogP) is 4.98. The van der Waals surface area contributed by atoms with E-state index in [0.717, 1.165) is 34.1 Å². The zero-order valence-electron chi connectivity index (χ0n) is 16.1. The molecule has 2 aromatic heterocycles. The van der Waals surface area contributed by atoms with Crippen LogP contribution in [0.2, 0.25) is 0 Å². The molecule has 0 aliphatic heterocycles. The Bertz CT molecular complexity index is 940. The first-order chi connectivity index (χ1) is 13.5. The number of aliphatic carboxylic acids is 1. The highest BCUT2D eigenvalue weighted by molar-refractivity contribution is 7.13. The molecule has 1 unspecified atom stereocenters. The third-order valence-corrected chi connectivity index (χ3v) is 5.21. The molecule has 0 saturated carbocycles. The number of nitrogens with one attached hydrogen (secondary N) is 1. The van der Waals surface area contributed by atoms with E-state index in [-0.39, 0.29) is 0 Å². The van der Waals surface area contributed by atoms with Crippen LogP contribution in [0.1, 0.15) is 36.8 Å². The quantitative estimate of drug-likeness (QED) is 0.557. The van der Waals surface area contributed by atoms with Crippen LogP contribution in [0.25, 0.3) is 10.7 Å². The fourth-order valence-corrected chi connectivity index (χ4v) is 3.65. The third kappa shape index (κ3) is 4.37. The van der Waals surface area contributed by atoms with Gasteiger partial charge in [-0.1, -0.05) is 25.1 Å². The number of ether oxygens (including phenoxy) is 1. The van der Waals surface area contributed by atoms with Crippen LogP contribution in [0, 0.1) is 6.92 Å². The van der Waals surface area contributed by atoms with Crippen LogP contribution in [0.5, 0.6) is 0 Å². The molecule has 0 aliphatic carbocycles. The molecule has 2 N–H and O–H groups in total. The van der Waals surface area contributed by atoms with Crippen LogP contribution in [0.3, 0.4) is 0 Å². The Labute approximate surface area is 168 Å². The van der Waals surface area contributed by atoms with Crippen molar-refractivity contribution in [3.8, 4) is 10.7 Å². The summed E-state index contributed by atoms with van der Waals surface area (Å²) in [6.45, 7) is 6.18. The van der Waals surface area contributed by atoms with Crippen molar-refractivity contribution in [2.45, 2.75) is 33.3 Å². The summed E-state index contributed by atoms with van der Waals surface area (Å²) < 4.78 is 5.32. The molecule has 0 bridgehead atoms. The van der Waals surface area contributed by atoms with Gasteiger partial charge in [-0.15, -0.1) is 11.3 Å². The number of carbonyl (C=O) groups is 1. The van der Waals surface area contributed by atoms with Gasteiger partial charge in [0.25, 0.3) is 0 Å². The first-order valence-electron chi connectivity index (χ1n) is 9.16. The number of carboxylic acid groups (broad SMARTS) is 1. The SMILES string of the molecule is CCOC(C(=O)O)c1ccc(Nc2nc(-c3cccs3)nc(C)c2CC)cc1. The lowest BCUT2D eigenvalue weighted by molar-refractivity contribution is -0.150. The van der Waals surface area contributed by atoms with Gasteiger partial charge in [0.2, 0.25) is 0 Å².